The van der Waals surface area contributed by atoms with Gasteiger partial charge in [0.2, 0.25) is 5.91 Å². The van der Waals surface area contributed by atoms with Gasteiger partial charge in [-0.1, -0.05) is 11.6 Å². The standard InChI is InChI=1S/C25H25ClF2N8O4/c1-39-22(38)15-33-7-9-34(10-8-33)21(37)14-35-13-19(31-18-12-30-36-6-2-5-29-24(18)36)23(32-35)17-11-16(26)3-4-20(17)40-25(27)28/h2-6,11-13,25,31H,7-10,14-15H2,1H3. The number of nitrogens with one attached hydrogen (secondary N) is 1. The van der Waals surface area contributed by atoms with Crippen molar-refractivity contribution in [1.82, 2.24) is 34.2 Å². The zero-order chi connectivity index (χ0) is 28.2. The van der Waals surface area contributed by atoms with E-state index >= 15 is 0 Å². The first-order valence-electron chi connectivity index (χ1n) is 12.2. The van der Waals surface area contributed by atoms with Crippen molar-refractivity contribution in [3.8, 4) is 17.0 Å². The molecule has 4 heterocycles. The van der Waals surface area contributed by atoms with Gasteiger partial charge in [0.15, 0.2) is 5.65 Å². The third-order valence-electron chi connectivity index (χ3n) is 6.33. The topological polar surface area (TPSA) is 119 Å². The summed E-state index contributed by atoms with van der Waals surface area (Å²) in [5, 5.41) is 12.3. The highest BCUT2D eigenvalue weighted by Gasteiger charge is 2.25. The molecule has 0 radical (unpaired) electrons. The number of nitrogens with zero attached hydrogens (tertiary/aromatic N) is 7. The van der Waals surface area contributed by atoms with Crippen LogP contribution >= 0.6 is 11.6 Å². The number of ether oxygens (including phenoxy) is 2. The normalized spacial score (nSPS) is 14.1. The first kappa shape index (κ1) is 27.3. The molecule has 4 aromatic rings. The van der Waals surface area contributed by atoms with E-state index in [2.05, 4.69) is 20.5 Å². The number of anilines is 2. The van der Waals surface area contributed by atoms with Crippen molar-refractivity contribution in [2.45, 2.75) is 13.2 Å². The number of amides is 1. The minimum Gasteiger partial charge on any atom is -0.468 e. The monoisotopic (exact) mass is 574 g/mol. The molecule has 1 aromatic carbocycles. The molecule has 3 aromatic heterocycles. The second-order valence-corrected chi connectivity index (χ2v) is 9.35. The van der Waals surface area contributed by atoms with Gasteiger partial charge < -0.3 is 19.7 Å². The Kier molecular flexibility index (Phi) is 8.07. The van der Waals surface area contributed by atoms with Gasteiger partial charge >= 0.3 is 12.6 Å². The molecule has 0 saturated carbocycles. The average Bonchev–Trinajstić information content (AvgIpc) is 3.53. The Morgan fingerprint density at radius 2 is 1.95 bits per heavy atom. The average molecular weight is 575 g/mol. The van der Waals surface area contributed by atoms with Gasteiger partial charge in [0.25, 0.3) is 0 Å². The number of benzene rings is 1. The van der Waals surface area contributed by atoms with Crippen LogP contribution in [0, 0.1) is 0 Å². The molecule has 0 aliphatic carbocycles. The number of esters is 1. The molecular weight excluding hydrogens is 550 g/mol. The molecular formula is C25H25ClF2N8O4. The summed E-state index contributed by atoms with van der Waals surface area (Å²) in [5.41, 5.74) is 1.91. The number of aromatic nitrogens is 5. The molecule has 1 aliphatic rings. The van der Waals surface area contributed by atoms with Crippen LogP contribution in [0.2, 0.25) is 5.02 Å². The predicted octanol–water partition coefficient (Wildman–Crippen LogP) is 2.91. The van der Waals surface area contributed by atoms with Crippen LogP contribution in [0.5, 0.6) is 5.75 Å². The number of fused-ring (bicyclic) bond motifs is 1. The summed E-state index contributed by atoms with van der Waals surface area (Å²) in [5.74, 6) is -0.647. The summed E-state index contributed by atoms with van der Waals surface area (Å²) in [6.45, 7) is -1.09. The number of rotatable bonds is 9. The van der Waals surface area contributed by atoms with Gasteiger partial charge in [0.05, 0.1) is 25.5 Å². The van der Waals surface area contributed by atoms with E-state index in [1.54, 1.807) is 40.3 Å². The molecule has 15 heteroatoms. The van der Waals surface area contributed by atoms with Crippen molar-refractivity contribution in [1.29, 1.82) is 0 Å². The summed E-state index contributed by atoms with van der Waals surface area (Å²) in [6, 6.07) is 5.97. The lowest BCUT2D eigenvalue weighted by molar-refractivity contribution is -0.142. The summed E-state index contributed by atoms with van der Waals surface area (Å²) in [6.07, 6.45) is 6.51. The Morgan fingerprint density at radius 3 is 2.70 bits per heavy atom. The lowest BCUT2D eigenvalue weighted by Crippen LogP contribution is -2.50. The second kappa shape index (κ2) is 11.8. The highest BCUT2D eigenvalue weighted by Crippen LogP contribution is 2.38. The van der Waals surface area contributed by atoms with Crippen LogP contribution < -0.4 is 10.1 Å². The van der Waals surface area contributed by atoms with E-state index in [-0.39, 0.29) is 47.0 Å². The molecule has 5 rings (SSSR count). The number of methoxy groups -OCH3 is 1. The molecule has 1 N–H and O–H groups in total. The molecule has 210 valence electrons. The fourth-order valence-electron chi connectivity index (χ4n) is 4.38. The smallest absolute Gasteiger partial charge is 0.387 e. The molecule has 0 bridgehead atoms. The van der Waals surface area contributed by atoms with Crippen molar-refractivity contribution in [3.63, 3.8) is 0 Å². The van der Waals surface area contributed by atoms with Crippen molar-refractivity contribution < 1.29 is 27.8 Å². The maximum Gasteiger partial charge on any atom is 0.387 e. The largest absolute Gasteiger partial charge is 0.468 e. The van der Waals surface area contributed by atoms with E-state index in [0.717, 1.165) is 0 Å². The summed E-state index contributed by atoms with van der Waals surface area (Å²) in [7, 11) is 1.33. The Hall–Kier alpha value is -4.30. The molecule has 40 heavy (non-hydrogen) atoms. The minimum atomic E-state index is -3.07. The molecule has 1 fully saturated rings. The predicted molar refractivity (Wildman–Crippen MR) is 141 cm³/mol. The summed E-state index contributed by atoms with van der Waals surface area (Å²) >= 11 is 6.21. The van der Waals surface area contributed by atoms with Crippen molar-refractivity contribution in [2.75, 3.05) is 45.2 Å². The number of hydrogen-bond donors (Lipinski definition) is 1. The van der Waals surface area contributed by atoms with Crippen molar-refractivity contribution in [3.05, 3.63) is 54.1 Å². The molecule has 1 amide bonds. The third-order valence-corrected chi connectivity index (χ3v) is 6.56. The highest BCUT2D eigenvalue weighted by molar-refractivity contribution is 6.31. The minimum absolute atomic E-state index is 0.107. The molecule has 0 unspecified atom stereocenters. The quantitative estimate of drug-likeness (QED) is 0.301. The number of alkyl halides is 2. The summed E-state index contributed by atoms with van der Waals surface area (Å²) in [4.78, 5) is 32.6. The number of piperazine rings is 1. The first-order chi connectivity index (χ1) is 19.3. The maximum atomic E-state index is 13.2. The Bertz CT molecular complexity index is 1520. The van der Waals surface area contributed by atoms with Crippen LogP contribution in [0.1, 0.15) is 0 Å². The molecule has 1 aliphatic heterocycles. The summed E-state index contributed by atoms with van der Waals surface area (Å²) < 4.78 is 38.8. The van der Waals surface area contributed by atoms with Gasteiger partial charge in [0, 0.05) is 55.4 Å². The van der Waals surface area contributed by atoms with Crippen LogP contribution in [0.25, 0.3) is 16.9 Å². The van der Waals surface area contributed by atoms with Crippen LogP contribution in [0.4, 0.5) is 20.2 Å². The first-order valence-corrected chi connectivity index (χ1v) is 12.6. The van der Waals surface area contributed by atoms with Gasteiger partial charge in [-0.05, 0) is 24.3 Å². The van der Waals surface area contributed by atoms with Crippen LogP contribution in [-0.2, 0) is 20.9 Å². The zero-order valence-electron chi connectivity index (χ0n) is 21.3. The second-order valence-electron chi connectivity index (χ2n) is 8.91. The van der Waals surface area contributed by atoms with Crippen molar-refractivity contribution in [2.24, 2.45) is 0 Å². The Labute approximate surface area is 232 Å². The van der Waals surface area contributed by atoms with Gasteiger partial charge in [-0.3, -0.25) is 19.2 Å². The number of carbonyl (C=O) groups is 2. The van der Waals surface area contributed by atoms with Gasteiger partial charge in [0.1, 0.15) is 23.7 Å². The van der Waals surface area contributed by atoms with E-state index in [1.165, 1.54) is 30.0 Å². The number of carbonyl (C=O) groups excluding carboxylic acids is 2. The Morgan fingerprint density at radius 1 is 1.15 bits per heavy atom. The van der Waals surface area contributed by atoms with E-state index in [4.69, 9.17) is 21.1 Å². The van der Waals surface area contributed by atoms with Crippen LogP contribution in [0.3, 0.4) is 0 Å². The molecule has 12 nitrogen and oxygen atoms in total. The van der Waals surface area contributed by atoms with E-state index < -0.39 is 6.61 Å². The zero-order valence-corrected chi connectivity index (χ0v) is 22.1. The molecule has 1 saturated heterocycles. The van der Waals surface area contributed by atoms with Crippen molar-refractivity contribution >= 4 is 40.5 Å². The highest BCUT2D eigenvalue weighted by atomic mass is 35.5. The maximum absolute atomic E-state index is 13.2. The van der Waals surface area contributed by atoms with Crippen LogP contribution in [0.15, 0.2) is 49.1 Å². The third kappa shape index (κ3) is 6.13. The Balaban J connectivity index is 1.42. The SMILES string of the molecule is COC(=O)CN1CCN(C(=O)Cn2cc(Nc3cnn4cccnc34)c(-c3cc(Cl)ccc3OC(F)F)n2)CC1. The fraction of sp³-hybridized carbons (Fsp3) is 0.320. The molecule has 0 atom stereocenters. The fourth-order valence-corrected chi connectivity index (χ4v) is 4.55. The number of halogens is 3. The van der Waals surface area contributed by atoms with E-state index in [0.29, 0.717) is 43.2 Å². The molecule has 0 spiro atoms. The van der Waals surface area contributed by atoms with Gasteiger partial charge in [-0.15, -0.1) is 0 Å². The number of hydrogen-bond acceptors (Lipinski definition) is 9. The van der Waals surface area contributed by atoms with Gasteiger partial charge in [-0.25, -0.2) is 9.50 Å². The van der Waals surface area contributed by atoms with Gasteiger partial charge in [-0.2, -0.15) is 19.0 Å². The van der Waals surface area contributed by atoms with E-state index in [1.807, 2.05) is 4.90 Å². The van der Waals surface area contributed by atoms with Crippen LogP contribution in [-0.4, -0.2) is 92.5 Å². The lowest BCUT2D eigenvalue weighted by Gasteiger charge is -2.34. The van der Waals surface area contributed by atoms with E-state index in [9.17, 15) is 18.4 Å². The lowest BCUT2D eigenvalue weighted by atomic mass is 10.1.